The number of aromatic hydroxyl groups is 1. The fourth-order valence-electron chi connectivity index (χ4n) is 2.16. The molecule has 0 fully saturated rings. The monoisotopic (exact) mass is 401 g/mol. The molecule has 9 heteroatoms. The van der Waals surface area contributed by atoms with Crippen molar-refractivity contribution < 1.29 is 24.2 Å². The van der Waals surface area contributed by atoms with E-state index in [1.165, 1.54) is 32.4 Å². The number of hydrogen-bond donors (Lipinski definition) is 4. The Morgan fingerprint density at radius 3 is 2.43 bits per heavy atom. The van der Waals surface area contributed by atoms with Crippen LogP contribution in [-0.2, 0) is 4.79 Å². The number of benzene rings is 2. The molecule has 2 aromatic rings. The van der Waals surface area contributed by atoms with Crippen molar-refractivity contribution in [2.75, 3.05) is 14.2 Å². The Bertz CT molecular complexity index is 914. The summed E-state index contributed by atoms with van der Waals surface area (Å²) in [6.07, 6.45) is 2.85. The van der Waals surface area contributed by atoms with Gasteiger partial charge in [-0.05, 0) is 48.1 Å². The lowest BCUT2D eigenvalue weighted by Crippen LogP contribution is -2.48. The number of para-hydroxylation sites is 1. The van der Waals surface area contributed by atoms with E-state index in [-0.39, 0.29) is 16.4 Å². The normalized spacial score (nSPS) is 10.2. The standard InChI is InChI=1S/C19H19N3O5S/c1-26-15-9-7-12(11-16(15)27-2)8-10-17(24)20-19(28)22-21-18(25)13-5-3-4-6-14(13)23/h3-11,23H,1-2H3,(H,21,25)(H2,20,22,24,28). The number of amides is 2. The summed E-state index contributed by atoms with van der Waals surface area (Å²) in [5, 5.41) is 11.9. The predicted octanol–water partition coefficient (Wildman–Crippen LogP) is 1.76. The Hall–Kier alpha value is -3.59. The number of phenols is 1. The zero-order valence-electron chi connectivity index (χ0n) is 15.2. The lowest BCUT2D eigenvalue weighted by atomic mass is 10.2. The first-order valence-electron chi connectivity index (χ1n) is 8.04. The van der Waals surface area contributed by atoms with Gasteiger partial charge in [-0.2, -0.15) is 0 Å². The summed E-state index contributed by atoms with van der Waals surface area (Å²) in [5.41, 5.74) is 5.46. The number of carbonyl (C=O) groups is 2. The van der Waals surface area contributed by atoms with Crippen molar-refractivity contribution >= 4 is 35.2 Å². The summed E-state index contributed by atoms with van der Waals surface area (Å²) in [6, 6.07) is 11.2. The van der Waals surface area contributed by atoms with Crippen molar-refractivity contribution in [3.63, 3.8) is 0 Å². The number of hydrazine groups is 1. The molecule has 0 aliphatic heterocycles. The van der Waals surface area contributed by atoms with E-state index in [4.69, 9.17) is 21.7 Å². The summed E-state index contributed by atoms with van der Waals surface area (Å²) in [6.45, 7) is 0. The molecule has 8 nitrogen and oxygen atoms in total. The highest BCUT2D eigenvalue weighted by atomic mass is 32.1. The van der Waals surface area contributed by atoms with Gasteiger partial charge in [0.2, 0.25) is 5.91 Å². The van der Waals surface area contributed by atoms with E-state index in [9.17, 15) is 14.7 Å². The van der Waals surface area contributed by atoms with Gasteiger partial charge in [-0.25, -0.2) is 0 Å². The molecular formula is C19H19N3O5S. The zero-order valence-corrected chi connectivity index (χ0v) is 16.0. The minimum atomic E-state index is -0.601. The van der Waals surface area contributed by atoms with Crippen molar-refractivity contribution in [2.45, 2.75) is 0 Å². The van der Waals surface area contributed by atoms with Crippen LogP contribution < -0.4 is 25.6 Å². The molecule has 0 aliphatic rings. The van der Waals surface area contributed by atoms with Crippen LogP contribution in [0.2, 0.25) is 0 Å². The number of ether oxygens (including phenoxy) is 2. The molecule has 0 bridgehead atoms. The highest BCUT2D eigenvalue weighted by Crippen LogP contribution is 2.27. The summed E-state index contributed by atoms with van der Waals surface area (Å²) in [5.74, 6) is -0.155. The van der Waals surface area contributed by atoms with Crippen LogP contribution >= 0.6 is 12.2 Å². The van der Waals surface area contributed by atoms with Crippen LogP contribution in [0.1, 0.15) is 15.9 Å². The molecule has 146 valence electrons. The molecule has 4 N–H and O–H groups in total. The number of rotatable bonds is 5. The van der Waals surface area contributed by atoms with Gasteiger partial charge in [-0.15, -0.1) is 0 Å². The largest absolute Gasteiger partial charge is 0.507 e. The number of methoxy groups -OCH3 is 2. The van der Waals surface area contributed by atoms with Gasteiger partial charge in [0.25, 0.3) is 5.91 Å². The van der Waals surface area contributed by atoms with E-state index < -0.39 is 11.8 Å². The quantitative estimate of drug-likeness (QED) is 0.343. The topological polar surface area (TPSA) is 109 Å². The number of carbonyl (C=O) groups excluding carboxylic acids is 2. The van der Waals surface area contributed by atoms with Gasteiger partial charge < -0.3 is 14.6 Å². The van der Waals surface area contributed by atoms with Crippen molar-refractivity contribution in [3.05, 3.63) is 59.7 Å². The molecule has 0 aliphatic carbocycles. The van der Waals surface area contributed by atoms with Crippen LogP contribution in [0.4, 0.5) is 0 Å². The highest BCUT2D eigenvalue weighted by Gasteiger charge is 2.10. The molecule has 0 saturated carbocycles. The van der Waals surface area contributed by atoms with E-state index in [0.29, 0.717) is 11.5 Å². The Morgan fingerprint density at radius 2 is 1.75 bits per heavy atom. The van der Waals surface area contributed by atoms with Gasteiger partial charge >= 0.3 is 0 Å². The van der Waals surface area contributed by atoms with Crippen LogP contribution in [0.15, 0.2) is 48.5 Å². The average Bonchev–Trinajstić information content (AvgIpc) is 2.70. The van der Waals surface area contributed by atoms with E-state index in [0.717, 1.165) is 5.56 Å². The molecule has 0 unspecified atom stereocenters. The summed E-state index contributed by atoms with van der Waals surface area (Å²) >= 11 is 4.94. The van der Waals surface area contributed by atoms with Gasteiger partial charge in [0.15, 0.2) is 16.6 Å². The van der Waals surface area contributed by atoms with E-state index >= 15 is 0 Å². The number of hydrogen-bond acceptors (Lipinski definition) is 6. The zero-order chi connectivity index (χ0) is 20.5. The van der Waals surface area contributed by atoms with Crippen molar-refractivity contribution in [1.82, 2.24) is 16.2 Å². The average molecular weight is 401 g/mol. The summed E-state index contributed by atoms with van der Waals surface area (Å²) in [4.78, 5) is 23.9. The molecular weight excluding hydrogens is 382 g/mol. The molecule has 0 aromatic heterocycles. The summed E-state index contributed by atoms with van der Waals surface area (Å²) in [7, 11) is 3.05. The Labute approximate surface area is 167 Å². The summed E-state index contributed by atoms with van der Waals surface area (Å²) < 4.78 is 10.4. The molecule has 0 atom stereocenters. The predicted molar refractivity (Wildman–Crippen MR) is 108 cm³/mol. The van der Waals surface area contributed by atoms with Crippen LogP contribution in [0.3, 0.4) is 0 Å². The molecule has 28 heavy (non-hydrogen) atoms. The van der Waals surface area contributed by atoms with Crippen LogP contribution in [0, 0.1) is 0 Å². The van der Waals surface area contributed by atoms with Gasteiger partial charge in [0.05, 0.1) is 19.8 Å². The SMILES string of the molecule is COc1ccc(C=CC(=O)NC(=S)NNC(=O)c2ccccc2O)cc1OC. The smallest absolute Gasteiger partial charge is 0.273 e. The number of thiocarbonyl (C=S) groups is 1. The number of nitrogens with one attached hydrogen (secondary N) is 3. The van der Waals surface area contributed by atoms with Crippen molar-refractivity contribution in [3.8, 4) is 17.2 Å². The number of phenolic OH excluding ortho intramolecular Hbond substituents is 1. The van der Waals surface area contributed by atoms with Gasteiger partial charge in [-0.1, -0.05) is 18.2 Å². The second-order valence-corrected chi connectivity index (χ2v) is 5.77. The van der Waals surface area contributed by atoms with Crippen LogP contribution in [-0.4, -0.2) is 36.3 Å². The van der Waals surface area contributed by atoms with Crippen molar-refractivity contribution in [2.24, 2.45) is 0 Å². The van der Waals surface area contributed by atoms with Gasteiger partial charge in [0.1, 0.15) is 5.75 Å². The molecule has 0 saturated heterocycles. The second-order valence-electron chi connectivity index (χ2n) is 5.36. The lowest BCUT2D eigenvalue weighted by molar-refractivity contribution is -0.115. The first kappa shape index (κ1) is 20.7. The fourth-order valence-corrected chi connectivity index (χ4v) is 2.31. The molecule has 0 heterocycles. The van der Waals surface area contributed by atoms with E-state index in [1.807, 2.05) is 0 Å². The van der Waals surface area contributed by atoms with Gasteiger partial charge in [-0.3, -0.25) is 25.8 Å². The highest BCUT2D eigenvalue weighted by molar-refractivity contribution is 7.80. The maximum atomic E-state index is 11.9. The lowest BCUT2D eigenvalue weighted by Gasteiger charge is -2.10. The van der Waals surface area contributed by atoms with Crippen LogP contribution in [0.5, 0.6) is 17.2 Å². The molecule has 0 radical (unpaired) electrons. The van der Waals surface area contributed by atoms with Crippen molar-refractivity contribution in [1.29, 1.82) is 0 Å². The second kappa shape index (κ2) is 9.93. The molecule has 0 spiro atoms. The van der Waals surface area contributed by atoms with E-state index in [1.54, 1.807) is 36.4 Å². The Balaban J connectivity index is 1.87. The first-order valence-corrected chi connectivity index (χ1v) is 8.45. The van der Waals surface area contributed by atoms with Crippen LogP contribution in [0.25, 0.3) is 6.08 Å². The fraction of sp³-hybridized carbons (Fsp3) is 0.105. The third-order valence-corrected chi connectivity index (χ3v) is 3.71. The Kier molecular flexibility index (Phi) is 7.35. The van der Waals surface area contributed by atoms with E-state index in [2.05, 4.69) is 16.2 Å². The molecule has 2 rings (SSSR count). The maximum absolute atomic E-state index is 11.9. The first-order chi connectivity index (χ1) is 13.4. The minimum absolute atomic E-state index is 0.0671. The third kappa shape index (κ3) is 5.71. The maximum Gasteiger partial charge on any atom is 0.273 e. The molecule has 2 amide bonds. The third-order valence-electron chi connectivity index (χ3n) is 3.51. The molecule has 2 aromatic carbocycles. The van der Waals surface area contributed by atoms with Gasteiger partial charge in [0, 0.05) is 6.08 Å². The minimum Gasteiger partial charge on any atom is -0.507 e. The Morgan fingerprint density at radius 1 is 1.04 bits per heavy atom.